The lowest BCUT2D eigenvalue weighted by molar-refractivity contribution is -0.120. The number of carbonyl (C=O) groups is 1. The van der Waals surface area contributed by atoms with Crippen LogP contribution < -0.4 is 4.90 Å². The standard InChI is InChI=1S/C17H25N5OS/c1-13-10-14(2)22(19-13)11-15-6-4-5-8-21(15)12-16(23)20(3)17-18-7-9-24-17/h7,9-10,15H,4-6,8,11-12H2,1-3H3. The molecule has 1 unspecified atom stereocenters. The van der Waals surface area contributed by atoms with Crippen LogP contribution in [0.4, 0.5) is 5.13 Å². The Morgan fingerprint density at radius 2 is 2.25 bits per heavy atom. The monoisotopic (exact) mass is 347 g/mol. The third-order valence-corrected chi connectivity index (χ3v) is 5.50. The molecule has 24 heavy (non-hydrogen) atoms. The summed E-state index contributed by atoms with van der Waals surface area (Å²) in [7, 11) is 1.81. The summed E-state index contributed by atoms with van der Waals surface area (Å²) < 4.78 is 2.08. The molecular weight excluding hydrogens is 322 g/mol. The van der Waals surface area contributed by atoms with Gasteiger partial charge in [0.2, 0.25) is 5.91 Å². The molecule has 0 bridgehead atoms. The van der Waals surface area contributed by atoms with Gasteiger partial charge in [-0.2, -0.15) is 5.10 Å². The maximum atomic E-state index is 12.6. The van der Waals surface area contributed by atoms with Crippen molar-refractivity contribution in [2.24, 2.45) is 0 Å². The van der Waals surface area contributed by atoms with Crippen LogP contribution >= 0.6 is 11.3 Å². The maximum absolute atomic E-state index is 12.6. The zero-order valence-electron chi connectivity index (χ0n) is 14.6. The van der Waals surface area contributed by atoms with Gasteiger partial charge in [-0.3, -0.25) is 19.3 Å². The number of hydrogen-bond donors (Lipinski definition) is 0. The largest absolute Gasteiger partial charge is 0.290 e. The lowest BCUT2D eigenvalue weighted by Crippen LogP contribution is -2.47. The van der Waals surface area contributed by atoms with Crippen molar-refractivity contribution in [1.29, 1.82) is 0 Å². The molecule has 3 rings (SSSR count). The molecule has 2 aromatic rings. The molecule has 130 valence electrons. The smallest absolute Gasteiger partial charge is 0.242 e. The van der Waals surface area contributed by atoms with Crippen LogP contribution in [-0.4, -0.2) is 51.8 Å². The van der Waals surface area contributed by atoms with Crippen LogP contribution in [0.5, 0.6) is 0 Å². The molecule has 6 nitrogen and oxygen atoms in total. The number of thiazole rings is 1. The quantitative estimate of drug-likeness (QED) is 0.834. The van der Waals surface area contributed by atoms with E-state index in [1.807, 2.05) is 12.3 Å². The summed E-state index contributed by atoms with van der Waals surface area (Å²) in [6.45, 7) is 6.39. The Hall–Kier alpha value is -1.73. The van der Waals surface area contributed by atoms with Crippen molar-refractivity contribution < 1.29 is 4.79 Å². The SMILES string of the molecule is Cc1cc(C)n(CC2CCCCN2CC(=O)N(C)c2nccs2)n1. The van der Waals surface area contributed by atoms with Crippen molar-refractivity contribution in [1.82, 2.24) is 19.7 Å². The molecule has 1 atom stereocenters. The van der Waals surface area contributed by atoms with Crippen molar-refractivity contribution in [3.63, 3.8) is 0 Å². The predicted octanol–water partition coefficient (Wildman–Crippen LogP) is 2.47. The Kier molecular flexibility index (Phi) is 5.30. The molecule has 0 spiro atoms. The van der Waals surface area contributed by atoms with Crippen LogP contribution in [0.15, 0.2) is 17.6 Å². The third-order valence-electron chi connectivity index (χ3n) is 4.65. The van der Waals surface area contributed by atoms with E-state index in [1.54, 1.807) is 18.1 Å². The molecule has 0 aromatic carbocycles. The average molecular weight is 347 g/mol. The van der Waals surface area contributed by atoms with Crippen LogP contribution in [0.1, 0.15) is 30.7 Å². The number of amides is 1. The fourth-order valence-electron chi connectivity index (χ4n) is 3.30. The number of likely N-dealkylation sites (tertiary alicyclic amines) is 1. The van der Waals surface area contributed by atoms with Crippen LogP contribution in [0.3, 0.4) is 0 Å². The van der Waals surface area contributed by atoms with E-state index in [1.165, 1.54) is 23.5 Å². The number of aromatic nitrogens is 3. The molecule has 0 aliphatic carbocycles. The molecular formula is C17H25N5OS. The van der Waals surface area contributed by atoms with E-state index < -0.39 is 0 Å². The summed E-state index contributed by atoms with van der Waals surface area (Å²) in [6, 6.07) is 2.47. The summed E-state index contributed by atoms with van der Waals surface area (Å²) >= 11 is 1.49. The molecule has 1 amide bonds. The van der Waals surface area contributed by atoms with Crippen molar-refractivity contribution in [2.75, 3.05) is 25.0 Å². The molecule has 3 heterocycles. The fourth-order valence-corrected chi connectivity index (χ4v) is 3.93. The predicted molar refractivity (Wildman–Crippen MR) is 96.4 cm³/mol. The molecule has 2 aromatic heterocycles. The van der Waals surface area contributed by atoms with Crippen molar-refractivity contribution in [3.8, 4) is 0 Å². The normalized spacial score (nSPS) is 18.7. The second-order valence-corrected chi connectivity index (χ2v) is 7.37. The summed E-state index contributed by atoms with van der Waals surface area (Å²) in [5.74, 6) is 0.102. The number of anilines is 1. The summed E-state index contributed by atoms with van der Waals surface area (Å²) in [6.07, 6.45) is 5.22. The Bertz CT molecular complexity index is 681. The maximum Gasteiger partial charge on any atom is 0.242 e. The molecule has 1 aliphatic rings. The topological polar surface area (TPSA) is 54.3 Å². The lowest BCUT2D eigenvalue weighted by Gasteiger charge is -2.36. The molecule has 7 heteroatoms. The van der Waals surface area contributed by atoms with E-state index in [-0.39, 0.29) is 5.91 Å². The van der Waals surface area contributed by atoms with Crippen molar-refractivity contribution >= 4 is 22.4 Å². The number of aryl methyl sites for hydroxylation is 2. The number of hydrogen-bond acceptors (Lipinski definition) is 5. The molecule has 0 radical (unpaired) electrons. The first-order chi connectivity index (χ1) is 11.5. The number of likely N-dealkylation sites (N-methyl/N-ethyl adjacent to an activating group) is 1. The van der Waals surface area contributed by atoms with E-state index in [4.69, 9.17) is 0 Å². The highest BCUT2D eigenvalue weighted by Gasteiger charge is 2.27. The van der Waals surface area contributed by atoms with E-state index >= 15 is 0 Å². The summed E-state index contributed by atoms with van der Waals surface area (Å²) in [5.41, 5.74) is 2.23. The van der Waals surface area contributed by atoms with E-state index in [0.717, 1.165) is 36.8 Å². The van der Waals surface area contributed by atoms with E-state index in [9.17, 15) is 4.79 Å². The number of carbonyl (C=O) groups excluding carboxylic acids is 1. The first-order valence-electron chi connectivity index (χ1n) is 8.46. The highest BCUT2D eigenvalue weighted by Crippen LogP contribution is 2.21. The van der Waals surface area contributed by atoms with Gasteiger partial charge < -0.3 is 0 Å². The Balaban J connectivity index is 1.66. The van der Waals surface area contributed by atoms with E-state index in [2.05, 4.69) is 32.7 Å². The van der Waals surface area contributed by atoms with Gasteiger partial charge in [0.1, 0.15) is 0 Å². The van der Waals surface area contributed by atoms with Crippen LogP contribution in [-0.2, 0) is 11.3 Å². The van der Waals surface area contributed by atoms with Gasteiger partial charge in [-0.25, -0.2) is 4.98 Å². The number of nitrogens with zero attached hydrogens (tertiary/aromatic N) is 5. The molecule has 0 saturated carbocycles. The highest BCUT2D eigenvalue weighted by atomic mass is 32.1. The summed E-state index contributed by atoms with van der Waals surface area (Å²) in [5, 5.41) is 7.23. The van der Waals surface area contributed by atoms with Gasteiger partial charge in [0.25, 0.3) is 0 Å². The van der Waals surface area contributed by atoms with Crippen molar-refractivity contribution in [3.05, 3.63) is 29.0 Å². The van der Waals surface area contributed by atoms with Gasteiger partial charge in [0.15, 0.2) is 5.13 Å². The zero-order chi connectivity index (χ0) is 17.1. The number of piperidine rings is 1. The lowest BCUT2D eigenvalue weighted by atomic mass is 10.0. The first kappa shape index (κ1) is 17.1. The Morgan fingerprint density at radius 3 is 2.92 bits per heavy atom. The minimum Gasteiger partial charge on any atom is -0.290 e. The first-order valence-corrected chi connectivity index (χ1v) is 9.33. The zero-order valence-corrected chi connectivity index (χ0v) is 15.4. The van der Waals surface area contributed by atoms with Gasteiger partial charge in [-0.05, 0) is 39.3 Å². The highest BCUT2D eigenvalue weighted by molar-refractivity contribution is 7.13. The minimum atomic E-state index is 0.102. The van der Waals surface area contributed by atoms with Crippen molar-refractivity contribution in [2.45, 2.75) is 45.7 Å². The van der Waals surface area contributed by atoms with E-state index in [0.29, 0.717) is 12.6 Å². The Morgan fingerprint density at radius 1 is 1.42 bits per heavy atom. The Labute approximate surface area is 147 Å². The van der Waals surface area contributed by atoms with Gasteiger partial charge in [-0.15, -0.1) is 11.3 Å². The molecule has 1 fully saturated rings. The minimum absolute atomic E-state index is 0.102. The second kappa shape index (κ2) is 7.44. The second-order valence-electron chi connectivity index (χ2n) is 6.50. The van der Waals surface area contributed by atoms with Crippen LogP contribution in [0.2, 0.25) is 0 Å². The molecule has 0 N–H and O–H groups in total. The molecule has 1 saturated heterocycles. The van der Waals surface area contributed by atoms with Crippen LogP contribution in [0, 0.1) is 13.8 Å². The van der Waals surface area contributed by atoms with Gasteiger partial charge in [-0.1, -0.05) is 6.42 Å². The van der Waals surface area contributed by atoms with Crippen LogP contribution in [0.25, 0.3) is 0 Å². The third kappa shape index (κ3) is 3.84. The molecule has 1 aliphatic heterocycles. The average Bonchev–Trinajstić information content (AvgIpc) is 3.19. The van der Waals surface area contributed by atoms with Gasteiger partial charge >= 0.3 is 0 Å². The summed E-state index contributed by atoms with van der Waals surface area (Å²) in [4.78, 5) is 20.8. The van der Waals surface area contributed by atoms with Gasteiger partial charge in [0.05, 0.1) is 18.8 Å². The number of rotatable bonds is 5. The van der Waals surface area contributed by atoms with Gasteiger partial charge in [0, 0.05) is 30.4 Å². The fraction of sp³-hybridized carbons (Fsp3) is 0.588.